The van der Waals surface area contributed by atoms with E-state index in [1.54, 1.807) is 6.20 Å². The molecule has 2 aromatic rings. The maximum absolute atomic E-state index is 8.76. The molecule has 4 heteroatoms. The SMILES string of the molecule is N#Cc1nc(-c2ccccc2)cnc1N. The molecule has 0 saturated carbocycles. The van der Waals surface area contributed by atoms with Crippen LogP contribution in [0.3, 0.4) is 0 Å². The summed E-state index contributed by atoms with van der Waals surface area (Å²) in [6.07, 6.45) is 1.56. The number of nitrogen functional groups attached to an aromatic ring is 1. The van der Waals surface area contributed by atoms with Gasteiger partial charge in [0.25, 0.3) is 0 Å². The van der Waals surface area contributed by atoms with E-state index in [9.17, 15) is 0 Å². The Bertz CT molecular complexity index is 514. The molecular formula is C11H8N4. The molecule has 0 amide bonds. The van der Waals surface area contributed by atoms with Crippen LogP contribution in [0.4, 0.5) is 5.82 Å². The minimum atomic E-state index is 0.163. The normalized spacial score (nSPS) is 9.53. The Morgan fingerprint density at radius 2 is 1.93 bits per heavy atom. The van der Waals surface area contributed by atoms with Crippen molar-refractivity contribution in [1.82, 2.24) is 9.97 Å². The van der Waals surface area contributed by atoms with Gasteiger partial charge in [-0.05, 0) is 0 Å². The fraction of sp³-hybridized carbons (Fsp3) is 0. The number of rotatable bonds is 1. The molecule has 1 aromatic heterocycles. The second-order valence-corrected chi connectivity index (χ2v) is 2.97. The van der Waals surface area contributed by atoms with Crippen LogP contribution in [0.5, 0.6) is 0 Å². The molecule has 0 aliphatic heterocycles. The highest BCUT2D eigenvalue weighted by Gasteiger charge is 2.04. The van der Waals surface area contributed by atoms with E-state index in [1.165, 1.54) is 0 Å². The number of anilines is 1. The van der Waals surface area contributed by atoms with E-state index in [0.29, 0.717) is 5.69 Å². The van der Waals surface area contributed by atoms with Gasteiger partial charge < -0.3 is 5.73 Å². The van der Waals surface area contributed by atoms with Gasteiger partial charge in [0.15, 0.2) is 11.5 Å². The Morgan fingerprint density at radius 3 is 2.60 bits per heavy atom. The van der Waals surface area contributed by atoms with E-state index >= 15 is 0 Å². The number of benzene rings is 1. The molecule has 1 aromatic carbocycles. The van der Waals surface area contributed by atoms with Crippen molar-refractivity contribution in [3.63, 3.8) is 0 Å². The first-order chi connectivity index (χ1) is 7.31. The molecule has 0 bridgehead atoms. The quantitative estimate of drug-likeness (QED) is 0.751. The van der Waals surface area contributed by atoms with E-state index < -0.39 is 0 Å². The summed E-state index contributed by atoms with van der Waals surface area (Å²) < 4.78 is 0. The van der Waals surface area contributed by atoms with Crippen LogP contribution in [0, 0.1) is 11.3 Å². The molecule has 4 nitrogen and oxygen atoms in total. The Kier molecular flexibility index (Phi) is 2.30. The van der Waals surface area contributed by atoms with Gasteiger partial charge in [0.2, 0.25) is 0 Å². The lowest BCUT2D eigenvalue weighted by Gasteiger charge is -2.01. The van der Waals surface area contributed by atoms with Gasteiger partial charge in [0.05, 0.1) is 11.9 Å². The zero-order chi connectivity index (χ0) is 10.7. The number of hydrogen-bond donors (Lipinski definition) is 1. The minimum absolute atomic E-state index is 0.163. The van der Waals surface area contributed by atoms with Gasteiger partial charge in [-0.2, -0.15) is 5.26 Å². The first-order valence-electron chi connectivity index (χ1n) is 4.39. The minimum Gasteiger partial charge on any atom is -0.381 e. The maximum atomic E-state index is 8.76. The smallest absolute Gasteiger partial charge is 0.183 e. The number of hydrogen-bond acceptors (Lipinski definition) is 4. The summed E-state index contributed by atoms with van der Waals surface area (Å²) >= 11 is 0. The van der Waals surface area contributed by atoms with E-state index in [2.05, 4.69) is 9.97 Å². The van der Waals surface area contributed by atoms with Gasteiger partial charge in [0.1, 0.15) is 6.07 Å². The highest BCUT2D eigenvalue weighted by molar-refractivity contribution is 5.60. The van der Waals surface area contributed by atoms with Gasteiger partial charge in [-0.15, -0.1) is 0 Å². The molecule has 0 fully saturated rings. The van der Waals surface area contributed by atoms with Crippen LogP contribution < -0.4 is 5.73 Å². The monoisotopic (exact) mass is 196 g/mol. The third kappa shape index (κ3) is 1.76. The molecule has 1 heterocycles. The molecule has 15 heavy (non-hydrogen) atoms. The number of nitriles is 1. The summed E-state index contributed by atoms with van der Waals surface area (Å²) in [5.41, 5.74) is 7.22. The lowest BCUT2D eigenvalue weighted by Crippen LogP contribution is -1.98. The van der Waals surface area contributed by atoms with Crippen LogP contribution in [0.1, 0.15) is 5.69 Å². The molecule has 0 aliphatic carbocycles. The number of nitrogens with zero attached hydrogens (tertiary/aromatic N) is 3. The second-order valence-electron chi connectivity index (χ2n) is 2.97. The predicted octanol–water partition coefficient (Wildman–Crippen LogP) is 1.60. The summed E-state index contributed by atoms with van der Waals surface area (Å²) in [5.74, 6) is 0.164. The second kappa shape index (κ2) is 3.76. The van der Waals surface area contributed by atoms with E-state index in [4.69, 9.17) is 11.0 Å². The number of aromatic nitrogens is 2. The summed E-state index contributed by atoms with van der Waals surface area (Å²) in [6, 6.07) is 11.4. The molecule has 0 radical (unpaired) electrons. The summed E-state index contributed by atoms with van der Waals surface area (Å²) in [6.45, 7) is 0. The van der Waals surface area contributed by atoms with Crippen molar-refractivity contribution in [2.75, 3.05) is 5.73 Å². The molecule has 0 atom stereocenters. The van der Waals surface area contributed by atoms with Crippen molar-refractivity contribution in [2.24, 2.45) is 0 Å². The third-order valence-corrected chi connectivity index (χ3v) is 1.98. The largest absolute Gasteiger partial charge is 0.381 e. The van der Waals surface area contributed by atoms with Crippen molar-refractivity contribution >= 4 is 5.82 Å². The molecular weight excluding hydrogens is 188 g/mol. The molecule has 0 saturated heterocycles. The average molecular weight is 196 g/mol. The van der Waals surface area contributed by atoms with Crippen LogP contribution in [-0.4, -0.2) is 9.97 Å². The van der Waals surface area contributed by atoms with Crippen molar-refractivity contribution < 1.29 is 0 Å². The van der Waals surface area contributed by atoms with E-state index in [-0.39, 0.29) is 11.5 Å². The molecule has 0 unspecified atom stereocenters. The van der Waals surface area contributed by atoms with E-state index in [0.717, 1.165) is 5.56 Å². The van der Waals surface area contributed by atoms with Gasteiger partial charge in [-0.3, -0.25) is 0 Å². The lowest BCUT2D eigenvalue weighted by molar-refractivity contribution is 1.18. The number of nitrogens with two attached hydrogens (primary N) is 1. The predicted molar refractivity (Wildman–Crippen MR) is 56.6 cm³/mol. The van der Waals surface area contributed by atoms with Crippen molar-refractivity contribution in [2.45, 2.75) is 0 Å². The Labute approximate surface area is 87.0 Å². The average Bonchev–Trinajstić information content (AvgIpc) is 2.31. The van der Waals surface area contributed by atoms with Gasteiger partial charge >= 0.3 is 0 Å². The first-order valence-corrected chi connectivity index (χ1v) is 4.39. The molecule has 0 spiro atoms. The summed E-state index contributed by atoms with van der Waals surface area (Å²) in [7, 11) is 0. The lowest BCUT2D eigenvalue weighted by atomic mass is 10.1. The molecule has 2 N–H and O–H groups in total. The standard InChI is InChI=1S/C11H8N4/c12-6-9-11(13)14-7-10(15-9)8-4-2-1-3-5-8/h1-5,7H,(H2,13,14). The molecule has 0 aliphatic rings. The van der Waals surface area contributed by atoms with Crippen molar-refractivity contribution in [3.8, 4) is 17.3 Å². The van der Waals surface area contributed by atoms with Crippen molar-refractivity contribution in [1.29, 1.82) is 5.26 Å². The summed E-state index contributed by atoms with van der Waals surface area (Å²) in [5, 5.41) is 8.76. The highest BCUT2D eigenvalue weighted by Crippen LogP contribution is 2.17. The van der Waals surface area contributed by atoms with Gasteiger partial charge in [0, 0.05) is 5.56 Å². The molecule has 2 rings (SSSR count). The Balaban J connectivity index is 2.52. The third-order valence-electron chi connectivity index (χ3n) is 1.98. The van der Waals surface area contributed by atoms with Crippen LogP contribution in [-0.2, 0) is 0 Å². The van der Waals surface area contributed by atoms with Gasteiger partial charge in [-0.25, -0.2) is 9.97 Å². The van der Waals surface area contributed by atoms with E-state index in [1.807, 2.05) is 36.4 Å². The summed E-state index contributed by atoms with van der Waals surface area (Å²) in [4.78, 5) is 8.03. The Morgan fingerprint density at radius 1 is 1.20 bits per heavy atom. The Hall–Kier alpha value is -2.41. The zero-order valence-corrected chi connectivity index (χ0v) is 7.88. The van der Waals surface area contributed by atoms with Crippen molar-refractivity contribution in [3.05, 3.63) is 42.2 Å². The zero-order valence-electron chi connectivity index (χ0n) is 7.88. The fourth-order valence-corrected chi connectivity index (χ4v) is 1.23. The topological polar surface area (TPSA) is 75.6 Å². The fourth-order valence-electron chi connectivity index (χ4n) is 1.23. The first kappa shape index (κ1) is 9.16. The van der Waals surface area contributed by atoms with Gasteiger partial charge in [-0.1, -0.05) is 30.3 Å². The van der Waals surface area contributed by atoms with Crippen LogP contribution in [0.2, 0.25) is 0 Å². The van der Waals surface area contributed by atoms with Crippen LogP contribution in [0.25, 0.3) is 11.3 Å². The van der Waals surface area contributed by atoms with Crippen LogP contribution >= 0.6 is 0 Å². The van der Waals surface area contributed by atoms with Crippen LogP contribution in [0.15, 0.2) is 36.5 Å². The highest BCUT2D eigenvalue weighted by atomic mass is 14.9. The maximum Gasteiger partial charge on any atom is 0.183 e. The molecule has 72 valence electrons.